The van der Waals surface area contributed by atoms with E-state index in [2.05, 4.69) is 18.2 Å². The van der Waals surface area contributed by atoms with Crippen LogP contribution < -0.4 is 0 Å². The maximum absolute atomic E-state index is 12.0. The number of fused-ring (bicyclic) bond motifs is 1. The lowest BCUT2D eigenvalue weighted by Gasteiger charge is -2.14. The molecule has 4 aromatic rings. The van der Waals surface area contributed by atoms with Gasteiger partial charge in [0.25, 0.3) is 0 Å². The van der Waals surface area contributed by atoms with Crippen LogP contribution in [0.2, 0.25) is 5.02 Å². The van der Waals surface area contributed by atoms with Gasteiger partial charge in [0, 0.05) is 16.1 Å². The van der Waals surface area contributed by atoms with Crippen LogP contribution >= 0.6 is 11.6 Å². The van der Waals surface area contributed by atoms with E-state index in [-0.39, 0.29) is 5.97 Å². The number of methoxy groups -OCH3 is 1. The number of aliphatic hydroxyl groups is 1. The standard InChI is InChI=1S/C28H26ClNO3/c1-33-28(32)25-8-3-2-6-20(25)12-16-27(31)22-7-4-5-19(17-22)9-14-24-15-11-21-10-13-23(29)18-26(21)30-24/h2-8,10-11,13,15,17-18,27,31H,9,12,14,16H2,1H3/t27-/m0/s1. The van der Waals surface area contributed by atoms with Gasteiger partial charge in [-0.2, -0.15) is 0 Å². The summed E-state index contributed by atoms with van der Waals surface area (Å²) in [5.74, 6) is -0.355. The van der Waals surface area contributed by atoms with Crippen molar-refractivity contribution in [3.63, 3.8) is 0 Å². The molecule has 0 unspecified atom stereocenters. The molecule has 1 heterocycles. The smallest absolute Gasteiger partial charge is 0.338 e. The SMILES string of the molecule is COC(=O)c1ccccc1CC[C@H](O)c1cccc(CCc2ccc3ccc(Cl)cc3n2)c1. The Balaban J connectivity index is 1.40. The van der Waals surface area contributed by atoms with Gasteiger partial charge in [0.15, 0.2) is 0 Å². The Labute approximate surface area is 198 Å². The molecule has 0 fully saturated rings. The first kappa shape index (κ1) is 23.0. The number of carbonyl (C=O) groups excluding carboxylic acids is 1. The highest BCUT2D eigenvalue weighted by Crippen LogP contribution is 2.23. The number of halogens is 1. The first-order valence-electron chi connectivity index (χ1n) is 11.0. The van der Waals surface area contributed by atoms with Crippen molar-refractivity contribution in [3.05, 3.63) is 112 Å². The highest BCUT2D eigenvalue weighted by molar-refractivity contribution is 6.31. The quantitative estimate of drug-likeness (QED) is 0.322. The number of hydrogen-bond donors (Lipinski definition) is 1. The highest BCUT2D eigenvalue weighted by atomic mass is 35.5. The number of aryl methyl sites for hydroxylation is 3. The fourth-order valence-electron chi connectivity index (χ4n) is 4.01. The molecule has 0 amide bonds. The molecular formula is C28H26ClNO3. The Morgan fingerprint density at radius 2 is 1.79 bits per heavy atom. The van der Waals surface area contributed by atoms with Crippen LogP contribution in [0.1, 0.15) is 45.3 Å². The van der Waals surface area contributed by atoms with Crippen LogP contribution in [0.5, 0.6) is 0 Å². The second-order valence-electron chi connectivity index (χ2n) is 8.09. The Bertz CT molecular complexity index is 1270. The lowest BCUT2D eigenvalue weighted by atomic mass is 9.96. The first-order valence-corrected chi connectivity index (χ1v) is 11.4. The van der Waals surface area contributed by atoms with Crippen LogP contribution in [0.15, 0.2) is 78.9 Å². The number of ether oxygens (including phenoxy) is 1. The number of hydrogen-bond acceptors (Lipinski definition) is 4. The predicted octanol–water partition coefficient (Wildman–Crippen LogP) is 6.13. The number of aromatic nitrogens is 1. The van der Waals surface area contributed by atoms with Gasteiger partial charge in [-0.15, -0.1) is 0 Å². The molecule has 0 aliphatic heterocycles. The van der Waals surface area contributed by atoms with Gasteiger partial charge in [-0.05, 0) is 66.6 Å². The Hall–Kier alpha value is -3.21. The number of esters is 1. The van der Waals surface area contributed by atoms with Gasteiger partial charge in [0.05, 0.1) is 24.3 Å². The number of carbonyl (C=O) groups is 1. The first-order chi connectivity index (χ1) is 16.0. The maximum atomic E-state index is 12.0. The molecule has 5 heteroatoms. The van der Waals surface area contributed by atoms with Crippen LogP contribution in [0.25, 0.3) is 10.9 Å². The average molecular weight is 460 g/mol. The Morgan fingerprint density at radius 3 is 2.64 bits per heavy atom. The summed E-state index contributed by atoms with van der Waals surface area (Å²) < 4.78 is 4.86. The van der Waals surface area contributed by atoms with E-state index in [1.165, 1.54) is 7.11 Å². The van der Waals surface area contributed by atoms with Gasteiger partial charge in [-0.1, -0.05) is 66.2 Å². The van der Waals surface area contributed by atoms with Gasteiger partial charge in [-0.25, -0.2) is 4.79 Å². The molecule has 1 aromatic heterocycles. The van der Waals surface area contributed by atoms with E-state index in [9.17, 15) is 9.90 Å². The van der Waals surface area contributed by atoms with Crippen LogP contribution in [0, 0.1) is 0 Å². The molecule has 0 radical (unpaired) electrons. The third kappa shape index (κ3) is 5.78. The summed E-state index contributed by atoms with van der Waals surface area (Å²) in [4.78, 5) is 16.7. The van der Waals surface area contributed by atoms with Crippen molar-refractivity contribution in [2.24, 2.45) is 0 Å². The summed E-state index contributed by atoms with van der Waals surface area (Å²) in [6.07, 6.45) is 2.11. The Morgan fingerprint density at radius 1 is 0.970 bits per heavy atom. The van der Waals surface area contributed by atoms with E-state index in [0.29, 0.717) is 23.4 Å². The topological polar surface area (TPSA) is 59.4 Å². The van der Waals surface area contributed by atoms with Gasteiger partial charge < -0.3 is 9.84 Å². The van der Waals surface area contributed by atoms with Crippen molar-refractivity contribution in [2.45, 2.75) is 31.8 Å². The largest absolute Gasteiger partial charge is 0.465 e. The fourth-order valence-corrected chi connectivity index (χ4v) is 4.17. The zero-order chi connectivity index (χ0) is 23.2. The van der Waals surface area contributed by atoms with Crippen molar-refractivity contribution in [1.29, 1.82) is 0 Å². The third-order valence-corrected chi connectivity index (χ3v) is 6.06. The molecule has 4 rings (SSSR count). The average Bonchev–Trinajstić information content (AvgIpc) is 2.85. The second-order valence-corrected chi connectivity index (χ2v) is 8.52. The molecule has 1 atom stereocenters. The summed E-state index contributed by atoms with van der Waals surface area (Å²) in [6.45, 7) is 0. The van der Waals surface area contributed by atoms with E-state index < -0.39 is 6.10 Å². The van der Waals surface area contributed by atoms with E-state index in [0.717, 1.165) is 46.1 Å². The molecule has 3 aromatic carbocycles. The molecule has 0 saturated heterocycles. The van der Waals surface area contributed by atoms with Crippen LogP contribution in [-0.2, 0) is 24.0 Å². The Kier molecular flexibility index (Phi) is 7.38. The number of aliphatic hydroxyl groups excluding tert-OH is 1. The summed E-state index contributed by atoms with van der Waals surface area (Å²) in [6, 6.07) is 25.2. The summed E-state index contributed by atoms with van der Waals surface area (Å²) in [5.41, 5.74) is 5.36. The van der Waals surface area contributed by atoms with Crippen LogP contribution in [-0.4, -0.2) is 23.2 Å². The molecule has 4 nitrogen and oxygen atoms in total. The molecule has 0 bridgehead atoms. The summed E-state index contributed by atoms with van der Waals surface area (Å²) in [5, 5.41) is 12.5. The lowest BCUT2D eigenvalue weighted by molar-refractivity contribution is 0.0599. The third-order valence-electron chi connectivity index (χ3n) is 5.83. The van der Waals surface area contributed by atoms with Crippen LogP contribution in [0.3, 0.4) is 0 Å². The van der Waals surface area contributed by atoms with Gasteiger partial charge in [-0.3, -0.25) is 4.98 Å². The number of rotatable bonds is 8. The number of nitrogens with zero attached hydrogens (tertiary/aromatic N) is 1. The molecule has 1 N–H and O–H groups in total. The molecule has 0 spiro atoms. The van der Waals surface area contributed by atoms with E-state index in [4.69, 9.17) is 21.3 Å². The predicted molar refractivity (Wildman–Crippen MR) is 132 cm³/mol. The minimum absolute atomic E-state index is 0.355. The monoisotopic (exact) mass is 459 g/mol. The second kappa shape index (κ2) is 10.6. The zero-order valence-electron chi connectivity index (χ0n) is 18.5. The minimum atomic E-state index is -0.614. The van der Waals surface area contributed by atoms with Crippen molar-refractivity contribution < 1.29 is 14.6 Å². The van der Waals surface area contributed by atoms with Gasteiger partial charge >= 0.3 is 5.97 Å². The molecule has 0 aliphatic carbocycles. The van der Waals surface area contributed by atoms with Crippen LogP contribution in [0.4, 0.5) is 0 Å². The van der Waals surface area contributed by atoms with Crippen molar-refractivity contribution in [2.75, 3.05) is 7.11 Å². The number of benzene rings is 3. The molecule has 0 aliphatic rings. The molecule has 33 heavy (non-hydrogen) atoms. The lowest BCUT2D eigenvalue weighted by Crippen LogP contribution is -2.07. The zero-order valence-corrected chi connectivity index (χ0v) is 19.3. The summed E-state index contributed by atoms with van der Waals surface area (Å²) in [7, 11) is 1.38. The van der Waals surface area contributed by atoms with Crippen molar-refractivity contribution >= 4 is 28.5 Å². The normalized spacial score (nSPS) is 12.0. The maximum Gasteiger partial charge on any atom is 0.338 e. The van der Waals surface area contributed by atoms with Gasteiger partial charge in [0.2, 0.25) is 0 Å². The van der Waals surface area contributed by atoms with Crippen molar-refractivity contribution in [3.8, 4) is 0 Å². The molecule has 168 valence electrons. The van der Waals surface area contributed by atoms with Gasteiger partial charge in [0.1, 0.15) is 0 Å². The van der Waals surface area contributed by atoms with E-state index in [1.54, 1.807) is 6.07 Å². The fraction of sp³-hybridized carbons (Fsp3) is 0.214. The summed E-state index contributed by atoms with van der Waals surface area (Å²) >= 11 is 6.10. The van der Waals surface area contributed by atoms with E-state index in [1.807, 2.05) is 54.6 Å². The number of pyridine rings is 1. The molecule has 0 saturated carbocycles. The van der Waals surface area contributed by atoms with Crippen molar-refractivity contribution in [1.82, 2.24) is 4.98 Å². The van der Waals surface area contributed by atoms with E-state index >= 15 is 0 Å². The molecular weight excluding hydrogens is 434 g/mol. The highest BCUT2D eigenvalue weighted by Gasteiger charge is 2.14. The minimum Gasteiger partial charge on any atom is -0.465 e.